The van der Waals surface area contributed by atoms with Crippen molar-refractivity contribution in [3.05, 3.63) is 53.2 Å². The van der Waals surface area contributed by atoms with Crippen molar-refractivity contribution < 1.29 is 4.74 Å². The Morgan fingerprint density at radius 3 is 2.62 bits per heavy atom. The highest BCUT2D eigenvalue weighted by Crippen LogP contribution is 2.41. The average Bonchev–Trinajstić information content (AvgIpc) is 3.23. The van der Waals surface area contributed by atoms with Crippen LogP contribution >= 0.6 is 0 Å². The Kier molecular flexibility index (Phi) is 7.17. The second-order valence-electron chi connectivity index (χ2n) is 8.89. The normalized spacial score (nSPS) is 14.3. The first-order valence-corrected chi connectivity index (χ1v) is 11.7. The molecule has 3 aromatic rings. The molecule has 192 valence electrons. The lowest BCUT2D eigenvalue weighted by atomic mass is 10.0. The first kappa shape index (κ1) is 25.3. The molecule has 1 atom stereocenters. The molecule has 37 heavy (non-hydrogen) atoms. The Balaban J connectivity index is 1.72. The van der Waals surface area contributed by atoms with Gasteiger partial charge in [0.05, 0.1) is 30.2 Å². The number of anilines is 6. The van der Waals surface area contributed by atoms with Crippen LogP contribution in [-0.4, -0.2) is 41.2 Å². The van der Waals surface area contributed by atoms with E-state index >= 15 is 0 Å². The van der Waals surface area contributed by atoms with Crippen LogP contribution in [0.5, 0.6) is 5.75 Å². The number of pyridine rings is 2. The zero-order chi connectivity index (χ0) is 26.7. The molecule has 1 aliphatic heterocycles. The predicted molar refractivity (Wildman–Crippen MR) is 146 cm³/mol. The lowest BCUT2D eigenvalue weighted by molar-refractivity contribution is 0.371. The van der Waals surface area contributed by atoms with E-state index in [9.17, 15) is 5.26 Å². The highest BCUT2D eigenvalue weighted by atomic mass is 16.5. The van der Waals surface area contributed by atoms with Crippen molar-refractivity contribution in [2.75, 3.05) is 35.4 Å². The van der Waals surface area contributed by atoms with E-state index in [4.69, 9.17) is 21.3 Å². The van der Waals surface area contributed by atoms with Crippen LogP contribution < -0.4 is 37.6 Å². The van der Waals surface area contributed by atoms with Crippen LogP contribution in [0.25, 0.3) is 0 Å². The summed E-state index contributed by atoms with van der Waals surface area (Å²) in [4.78, 5) is 9.18. The summed E-state index contributed by atoms with van der Waals surface area (Å²) in [6, 6.07) is 13.3. The molecule has 0 spiro atoms. The predicted octanol–water partition coefficient (Wildman–Crippen LogP) is 3.58. The summed E-state index contributed by atoms with van der Waals surface area (Å²) in [5, 5.41) is 28.1. The molecular formula is C25H31N11O. The van der Waals surface area contributed by atoms with Gasteiger partial charge in [-0.1, -0.05) is 26.0 Å². The van der Waals surface area contributed by atoms with E-state index in [-0.39, 0.29) is 17.9 Å². The van der Waals surface area contributed by atoms with Crippen LogP contribution in [0.4, 0.5) is 34.5 Å². The maximum absolute atomic E-state index is 9.56. The van der Waals surface area contributed by atoms with E-state index in [0.29, 0.717) is 40.1 Å². The molecule has 0 fully saturated rings. The number of aromatic nitrogens is 2. The molecule has 4 rings (SSSR count). The number of nitrogens with zero attached hydrogens (tertiary/aromatic N) is 5. The molecule has 1 unspecified atom stereocenters. The van der Waals surface area contributed by atoms with Crippen LogP contribution in [0.2, 0.25) is 0 Å². The third kappa shape index (κ3) is 5.41. The summed E-state index contributed by atoms with van der Waals surface area (Å²) >= 11 is 0. The number of rotatable bonds is 8. The van der Waals surface area contributed by atoms with Gasteiger partial charge in [0.2, 0.25) is 0 Å². The van der Waals surface area contributed by atoms with Gasteiger partial charge in [-0.2, -0.15) is 5.26 Å². The molecule has 12 heteroatoms. The number of benzene rings is 1. The van der Waals surface area contributed by atoms with Gasteiger partial charge in [0.15, 0.2) is 17.4 Å². The van der Waals surface area contributed by atoms with Gasteiger partial charge >= 0.3 is 0 Å². The van der Waals surface area contributed by atoms with Crippen molar-refractivity contribution in [1.82, 2.24) is 15.1 Å². The van der Waals surface area contributed by atoms with E-state index in [1.54, 1.807) is 20.2 Å². The third-order valence-electron chi connectivity index (χ3n) is 5.67. The molecule has 0 saturated heterocycles. The SMILES string of the molecule is COc1c(Nc2cc(Nc3ccc(C(C)C)c(C#N)n3)nc3c2NC(C)N3)cccc1/C(N)=N/N(C)N. The monoisotopic (exact) mass is 501 g/mol. The van der Waals surface area contributed by atoms with Crippen molar-refractivity contribution in [2.24, 2.45) is 16.7 Å². The molecule has 2 aromatic heterocycles. The summed E-state index contributed by atoms with van der Waals surface area (Å²) in [7, 11) is 3.15. The van der Waals surface area contributed by atoms with Crippen molar-refractivity contribution in [2.45, 2.75) is 32.9 Å². The highest BCUT2D eigenvalue weighted by Gasteiger charge is 2.23. The van der Waals surface area contributed by atoms with Gasteiger partial charge in [-0.05, 0) is 36.6 Å². The van der Waals surface area contributed by atoms with Gasteiger partial charge in [-0.3, -0.25) is 0 Å². The first-order valence-electron chi connectivity index (χ1n) is 11.7. The lowest BCUT2D eigenvalue weighted by Crippen LogP contribution is -2.26. The average molecular weight is 502 g/mol. The van der Waals surface area contributed by atoms with Crippen LogP contribution in [0, 0.1) is 11.3 Å². The summed E-state index contributed by atoms with van der Waals surface area (Å²) < 4.78 is 5.68. The van der Waals surface area contributed by atoms with Gasteiger partial charge in [0.1, 0.15) is 29.1 Å². The zero-order valence-electron chi connectivity index (χ0n) is 21.4. The summed E-state index contributed by atoms with van der Waals surface area (Å²) in [5.74, 6) is 8.28. The van der Waals surface area contributed by atoms with Gasteiger partial charge in [-0.15, -0.1) is 5.10 Å². The molecule has 0 radical (unpaired) electrons. The Morgan fingerprint density at radius 1 is 1.16 bits per heavy atom. The number of ether oxygens (including phenoxy) is 1. The number of nitrogens with one attached hydrogen (secondary N) is 4. The minimum atomic E-state index is -0.0250. The number of para-hydroxylation sites is 1. The number of amidine groups is 1. The summed E-state index contributed by atoms with van der Waals surface area (Å²) in [6.07, 6.45) is -0.0250. The van der Waals surface area contributed by atoms with E-state index in [2.05, 4.69) is 37.4 Å². The second kappa shape index (κ2) is 10.5. The molecular weight excluding hydrogens is 470 g/mol. The fourth-order valence-electron chi connectivity index (χ4n) is 4.07. The van der Waals surface area contributed by atoms with Gasteiger partial charge in [-0.25, -0.2) is 20.9 Å². The van der Waals surface area contributed by atoms with Crippen molar-refractivity contribution in [3.8, 4) is 11.8 Å². The molecule has 3 heterocycles. The topological polar surface area (TPSA) is 175 Å². The number of hydrazine groups is 1. The van der Waals surface area contributed by atoms with Gasteiger partial charge < -0.3 is 31.7 Å². The molecule has 8 N–H and O–H groups in total. The number of hydrogen-bond donors (Lipinski definition) is 6. The number of methoxy groups -OCH3 is 1. The smallest absolute Gasteiger partial charge is 0.156 e. The zero-order valence-corrected chi connectivity index (χ0v) is 21.4. The number of fused-ring (bicyclic) bond motifs is 1. The minimum Gasteiger partial charge on any atom is -0.494 e. The summed E-state index contributed by atoms with van der Waals surface area (Å²) in [5.41, 5.74) is 10.2. The number of nitrogens with two attached hydrogens (primary N) is 2. The maximum Gasteiger partial charge on any atom is 0.156 e. The Labute approximate surface area is 215 Å². The van der Waals surface area contributed by atoms with E-state index in [1.807, 2.05) is 51.1 Å². The quantitative estimate of drug-likeness (QED) is 0.115. The molecule has 1 aliphatic rings. The Morgan fingerprint density at radius 2 is 1.95 bits per heavy atom. The minimum absolute atomic E-state index is 0.0250. The van der Waals surface area contributed by atoms with Crippen LogP contribution in [0.3, 0.4) is 0 Å². The number of hydrazone groups is 1. The third-order valence-corrected chi connectivity index (χ3v) is 5.67. The summed E-state index contributed by atoms with van der Waals surface area (Å²) in [6.45, 7) is 6.05. The molecule has 0 amide bonds. The number of hydrogen-bond acceptors (Lipinski definition) is 11. The van der Waals surface area contributed by atoms with E-state index < -0.39 is 0 Å². The Hall–Kier alpha value is -4.76. The highest BCUT2D eigenvalue weighted by molar-refractivity contribution is 6.02. The fourth-order valence-corrected chi connectivity index (χ4v) is 4.07. The van der Waals surface area contributed by atoms with Gasteiger partial charge in [0, 0.05) is 13.1 Å². The first-order chi connectivity index (χ1) is 17.7. The largest absolute Gasteiger partial charge is 0.494 e. The van der Waals surface area contributed by atoms with E-state index in [1.165, 1.54) is 0 Å². The lowest BCUT2D eigenvalue weighted by Gasteiger charge is -2.18. The standard InChI is InChI=1S/C25H31N11O/c1-13(2)15-9-10-20(32-19(15)12-26)33-21-11-18(22-25(34-21)30-14(3)29-22)31-17-8-6-7-16(23(17)37-5)24(27)35-36(4)28/h6-11,13-14,29H,28H2,1-5H3,(H2,27,35)(H3,30,31,32,33,34). The molecule has 1 aromatic carbocycles. The second-order valence-corrected chi connectivity index (χ2v) is 8.89. The van der Waals surface area contributed by atoms with Crippen LogP contribution in [-0.2, 0) is 0 Å². The molecule has 12 nitrogen and oxygen atoms in total. The maximum atomic E-state index is 9.56. The molecule has 0 saturated carbocycles. The molecule has 0 aliphatic carbocycles. The molecule has 0 bridgehead atoms. The van der Waals surface area contributed by atoms with Gasteiger partial charge in [0.25, 0.3) is 0 Å². The van der Waals surface area contributed by atoms with Crippen molar-refractivity contribution in [1.29, 1.82) is 5.26 Å². The fraction of sp³-hybridized carbons (Fsp3) is 0.280. The van der Waals surface area contributed by atoms with E-state index in [0.717, 1.165) is 22.1 Å². The Bertz CT molecular complexity index is 1380. The number of nitriles is 1. The van der Waals surface area contributed by atoms with Crippen molar-refractivity contribution in [3.63, 3.8) is 0 Å². The van der Waals surface area contributed by atoms with Crippen LogP contribution in [0.1, 0.15) is 43.5 Å². The van der Waals surface area contributed by atoms with Crippen LogP contribution in [0.15, 0.2) is 41.5 Å². The van der Waals surface area contributed by atoms with Crippen molar-refractivity contribution >= 4 is 40.4 Å².